The molecule has 0 radical (unpaired) electrons. The first kappa shape index (κ1) is 27.0. The first-order chi connectivity index (χ1) is 18.2. The monoisotopic (exact) mass is 521 g/mol. The van der Waals surface area contributed by atoms with Gasteiger partial charge < -0.3 is 24.8 Å². The minimum atomic E-state index is -0.833. The number of rotatable bonds is 7. The summed E-state index contributed by atoms with van der Waals surface area (Å²) >= 11 is 0. The predicted molar refractivity (Wildman–Crippen MR) is 143 cm³/mol. The standard InChI is InChI=1S/C28H28FNO4.C2H4O2/c1-18-25-14-23(32)7-10-26(25)34-28(27(18)21-3-2-4-22(31)13-21)20-5-8-24(9-6-20)33-12-11-30-16-19(15-29)17-30;1-2(3)4/h2-10,13-14,19,28,31-32H,11-12,15-17H2,1H3;1H3,(H,3,4). The number of hydrogen-bond donors (Lipinski definition) is 3. The Hall–Kier alpha value is -4.04. The predicted octanol–water partition coefficient (Wildman–Crippen LogP) is 5.53. The van der Waals surface area contributed by atoms with Gasteiger partial charge in [0, 0.05) is 43.6 Å². The van der Waals surface area contributed by atoms with Gasteiger partial charge in [-0.2, -0.15) is 0 Å². The molecule has 1 saturated heterocycles. The summed E-state index contributed by atoms with van der Waals surface area (Å²) in [6, 6.07) is 20.1. The SMILES string of the molecule is CC(=O)O.CC1=C(c2cccc(O)c2)C(c2ccc(OCCN3CC(CF)C3)cc2)Oc2ccc(O)cc21. The number of nitrogens with zero attached hydrogens (tertiary/aromatic N) is 1. The van der Waals surface area contributed by atoms with E-state index in [2.05, 4.69) is 4.90 Å². The van der Waals surface area contributed by atoms with Gasteiger partial charge in [0.2, 0.25) is 0 Å². The number of carboxylic acids is 1. The highest BCUT2D eigenvalue weighted by Gasteiger charge is 2.30. The van der Waals surface area contributed by atoms with Crippen molar-refractivity contribution in [3.8, 4) is 23.0 Å². The minimum absolute atomic E-state index is 0.176. The highest BCUT2D eigenvalue weighted by atomic mass is 19.1. The molecule has 0 amide bonds. The van der Waals surface area contributed by atoms with Crippen LogP contribution in [-0.4, -0.2) is 59.1 Å². The van der Waals surface area contributed by atoms with E-state index in [0.717, 1.165) is 60.1 Å². The van der Waals surface area contributed by atoms with Crippen LogP contribution in [0.25, 0.3) is 11.1 Å². The summed E-state index contributed by atoms with van der Waals surface area (Å²) in [6.45, 7) is 5.81. The van der Waals surface area contributed by atoms with Crippen LogP contribution in [0.4, 0.5) is 4.39 Å². The number of aliphatic carboxylic acids is 1. The molecule has 1 unspecified atom stereocenters. The highest BCUT2D eigenvalue weighted by Crippen LogP contribution is 2.47. The number of ether oxygens (including phenoxy) is 2. The third-order valence-corrected chi connectivity index (χ3v) is 6.55. The van der Waals surface area contributed by atoms with Gasteiger partial charge in [-0.05, 0) is 66.1 Å². The number of phenolic OH excluding ortho intramolecular Hbond substituents is 2. The first-order valence-electron chi connectivity index (χ1n) is 12.5. The van der Waals surface area contributed by atoms with E-state index >= 15 is 0 Å². The Morgan fingerprint density at radius 1 is 1.05 bits per heavy atom. The number of carbonyl (C=O) groups is 1. The van der Waals surface area contributed by atoms with Crippen molar-refractivity contribution < 1.29 is 34.0 Å². The van der Waals surface area contributed by atoms with Crippen LogP contribution in [0.1, 0.15) is 36.6 Å². The number of benzene rings is 3. The van der Waals surface area contributed by atoms with Crippen molar-refractivity contribution in [2.24, 2.45) is 5.92 Å². The zero-order chi connectivity index (χ0) is 27.2. The Bertz CT molecular complexity index is 1300. The Labute approximate surface area is 221 Å². The zero-order valence-electron chi connectivity index (χ0n) is 21.4. The third kappa shape index (κ3) is 6.44. The van der Waals surface area contributed by atoms with Crippen LogP contribution in [0.3, 0.4) is 0 Å². The lowest BCUT2D eigenvalue weighted by Gasteiger charge is -2.37. The van der Waals surface area contributed by atoms with Crippen LogP contribution in [0.2, 0.25) is 0 Å². The zero-order valence-corrected chi connectivity index (χ0v) is 21.4. The second kappa shape index (κ2) is 12.0. The third-order valence-electron chi connectivity index (χ3n) is 6.55. The first-order valence-corrected chi connectivity index (χ1v) is 12.5. The summed E-state index contributed by atoms with van der Waals surface area (Å²) in [5.41, 5.74) is 4.56. The van der Waals surface area contributed by atoms with Gasteiger partial charge in [0.15, 0.2) is 0 Å². The molecule has 8 heteroatoms. The molecule has 0 aromatic heterocycles. The Balaban J connectivity index is 0.000000786. The number of fused-ring (bicyclic) bond motifs is 1. The fraction of sp³-hybridized carbons (Fsp3) is 0.300. The number of aromatic hydroxyl groups is 2. The molecular weight excluding hydrogens is 489 g/mol. The Kier molecular flexibility index (Phi) is 8.53. The van der Waals surface area contributed by atoms with E-state index in [4.69, 9.17) is 19.4 Å². The molecule has 2 heterocycles. The van der Waals surface area contributed by atoms with Gasteiger partial charge in [-0.3, -0.25) is 14.1 Å². The van der Waals surface area contributed by atoms with Crippen LogP contribution >= 0.6 is 0 Å². The number of alkyl halides is 1. The van der Waals surface area contributed by atoms with Gasteiger partial charge in [-0.25, -0.2) is 0 Å². The summed E-state index contributed by atoms with van der Waals surface area (Å²) in [6.07, 6.45) is -0.383. The Morgan fingerprint density at radius 2 is 1.74 bits per heavy atom. The second-order valence-electron chi connectivity index (χ2n) is 9.48. The normalized spacial score (nSPS) is 17.0. The molecule has 38 heavy (non-hydrogen) atoms. The quantitative estimate of drug-likeness (QED) is 0.376. The van der Waals surface area contributed by atoms with Crippen LogP contribution in [0.15, 0.2) is 66.7 Å². The maximum Gasteiger partial charge on any atom is 0.300 e. The molecule has 0 aliphatic carbocycles. The molecule has 0 saturated carbocycles. The van der Waals surface area contributed by atoms with Crippen LogP contribution < -0.4 is 9.47 Å². The molecule has 1 fully saturated rings. The highest BCUT2D eigenvalue weighted by molar-refractivity contribution is 5.95. The van der Waals surface area contributed by atoms with Crippen LogP contribution in [-0.2, 0) is 4.79 Å². The fourth-order valence-electron chi connectivity index (χ4n) is 4.71. The maximum absolute atomic E-state index is 12.6. The molecule has 2 aliphatic rings. The summed E-state index contributed by atoms with van der Waals surface area (Å²) in [7, 11) is 0. The average Bonchev–Trinajstić information content (AvgIpc) is 2.86. The van der Waals surface area contributed by atoms with Crippen molar-refractivity contribution in [2.75, 3.05) is 32.9 Å². The van der Waals surface area contributed by atoms with E-state index in [1.165, 1.54) is 0 Å². The lowest BCUT2D eigenvalue weighted by molar-refractivity contribution is -0.134. The van der Waals surface area contributed by atoms with E-state index in [1.807, 2.05) is 43.3 Å². The van der Waals surface area contributed by atoms with E-state index in [9.17, 15) is 14.6 Å². The summed E-state index contributed by atoms with van der Waals surface area (Å²) in [5, 5.41) is 27.5. The van der Waals surface area contributed by atoms with Gasteiger partial charge in [-0.1, -0.05) is 24.3 Å². The van der Waals surface area contributed by atoms with Crippen molar-refractivity contribution in [1.29, 1.82) is 0 Å². The number of carboxylic acid groups (broad SMARTS) is 1. The molecule has 7 nitrogen and oxygen atoms in total. The molecular formula is C30H32FNO6. The molecule has 0 bridgehead atoms. The summed E-state index contributed by atoms with van der Waals surface area (Å²) in [5.74, 6) is 1.18. The maximum atomic E-state index is 12.6. The smallest absolute Gasteiger partial charge is 0.300 e. The van der Waals surface area contributed by atoms with Gasteiger partial charge in [0.25, 0.3) is 5.97 Å². The minimum Gasteiger partial charge on any atom is -0.508 e. The van der Waals surface area contributed by atoms with E-state index in [-0.39, 0.29) is 30.2 Å². The van der Waals surface area contributed by atoms with E-state index < -0.39 is 5.97 Å². The van der Waals surface area contributed by atoms with E-state index in [0.29, 0.717) is 12.4 Å². The lowest BCUT2D eigenvalue weighted by atomic mass is 9.86. The Morgan fingerprint density at radius 3 is 2.39 bits per heavy atom. The molecule has 200 valence electrons. The van der Waals surface area contributed by atoms with Crippen molar-refractivity contribution in [3.05, 3.63) is 83.4 Å². The number of allylic oxidation sites excluding steroid dienone is 1. The van der Waals surface area contributed by atoms with Crippen LogP contribution in [0.5, 0.6) is 23.0 Å². The van der Waals surface area contributed by atoms with Gasteiger partial charge in [0.05, 0.1) is 6.67 Å². The topological polar surface area (TPSA) is 99.5 Å². The molecule has 5 rings (SSSR count). The molecule has 2 aliphatic heterocycles. The number of hydrogen-bond acceptors (Lipinski definition) is 6. The largest absolute Gasteiger partial charge is 0.508 e. The molecule has 3 aromatic rings. The van der Waals surface area contributed by atoms with Crippen molar-refractivity contribution in [1.82, 2.24) is 4.90 Å². The van der Waals surface area contributed by atoms with Crippen LogP contribution in [0, 0.1) is 5.92 Å². The van der Waals surface area contributed by atoms with Crippen molar-refractivity contribution in [2.45, 2.75) is 20.0 Å². The van der Waals surface area contributed by atoms with Crippen molar-refractivity contribution >= 4 is 17.1 Å². The number of likely N-dealkylation sites (tertiary alicyclic amines) is 1. The number of halogens is 1. The van der Waals surface area contributed by atoms with Gasteiger partial charge >= 0.3 is 0 Å². The van der Waals surface area contributed by atoms with E-state index in [1.54, 1.807) is 30.3 Å². The number of phenols is 2. The van der Waals surface area contributed by atoms with Crippen molar-refractivity contribution in [3.63, 3.8) is 0 Å². The second-order valence-corrected chi connectivity index (χ2v) is 9.48. The summed E-state index contributed by atoms with van der Waals surface area (Å²) in [4.78, 5) is 11.2. The fourth-order valence-corrected chi connectivity index (χ4v) is 4.71. The molecule has 3 N–H and O–H groups in total. The average molecular weight is 522 g/mol. The lowest BCUT2D eigenvalue weighted by Crippen LogP contribution is -2.49. The van der Waals surface area contributed by atoms with Gasteiger partial charge in [0.1, 0.15) is 35.7 Å². The summed E-state index contributed by atoms with van der Waals surface area (Å²) < 4.78 is 24.9. The molecule has 1 atom stereocenters. The van der Waals surface area contributed by atoms with Gasteiger partial charge in [-0.15, -0.1) is 0 Å². The molecule has 0 spiro atoms. The molecule has 3 aromatic carbocycles.